The predicted octanol–water partition coefficient (Wildman–Crippen LogP) is 3.18. The zero-order chi connectivity index (χ0) is 17.5. The van der Waals surface area contributed by atoms with Crippen molar-refractivity contribution in [1.29, 1.82) is 0 Å². The van der Waals surface area contributed by atoms with Gasteiger partial charge < -0.3 is 9.31 Å². The maximum atomic E-state index is 12.4. The number of carbonyl (C=O) groups is 1. The molecule has 1 saturated heterocycles. The molecule has 0 unspecified atom stereocenters. The Labute approximate surface area is 147 Å². The maximum Gasteiger partial charge on any atom is 0.495 e. The molecule has 1 aliphatic heterocycles. The van der Waals surface area contributed by atoms with Gasteiger partial charge in [-0.1, -0.05) is 18.2 Å². The molecule has 1 aromatic carbocycles. The lowest BCUT2D eigenvalue weighted by atomic mass is 9.74. The number of Topliss-reactive ketones (excluding diaryl/α,β-unsaturated/α-hetero) is 1. The van der Waals surface area contributed by atoms with Crippen molar-refractivity contribution >= 4 is 29.7 Å². The van der Waals surface area contributed by atoms with Gasteiger partial charge in [0.25, 0.3) is 0 Å². The molecule has 0 aliphatic carbocycles. The molecule has 126 valence electrons. The number of carbonyl (C=O) groups excluding carboxylic acids is 1. The third-order valence-electron chi connectivity index (χ3n) is 5.05. The first kappa shape index (κ1) is 17.3. The smallest absolute Gasteiger partial charge is 0.399 e. The largest absolute Gasteiger partial charge is 0.495 e. The van der Waals surface area contributed by atoms with Crippen molar-refractivity contribution in [3.63, 3.8) is 0 Å². The summed E-state index contributed by atoms with van der Waals surface area (Å²) < 4.78 is 12.3. The van der Waals surface area contributed by atoms with E-state index in [0.29, 0.717) is 11.3 Å². The van der Waals surface area contributed by atoms with Crippen molar-refractivity contribution in [2.45, 2.75) is 52.2 Å². The number of ketones is 1. The molecule has 6 heteroatoms. The first-order chi connectivity index (χ1) is 11.2. The van der Waals surface area contributed by atoms with Crippen LogP contribution in [0.1, 0.15) is 48.5 Å². The average molecular weight is 343 g/mol. The Kier molecular flexibility index (Phi) is 4.40. The van der Waals surface area contributed by atoms with Crippen LogP contribution in [0.3, 0.4) is 0 Å². The number of nitrogens with zero attached hydrogens (tertiary/aromatic N) is 1. The van der Waals surface area contributed by atoms with Crippen LogP contribution in [0.2, 0.25) is 0 Å². The topological polar surface area (TPSA) is 48.4 Å². The Bertz CT molecular complexity index is 740. The highest BCUT2D eigenvalue weighted by Crippen LogP contribution is 2.36. The molecule has 0 N–H and O–H groups in total. The van der Waals surface area contributed by atoms with E-state index < -0.39 is 7.12 Å². The molecule has 24 heavy (non-hydrogen) atoms. The standard InChI is InChI=1S/C18H22BNO3S/c1-12-13(9-15(21)16-10-20-11-24-16)7-6-8-14(12)19-22-17(2,3)18(4,5)23-19/h6-8,10-11H,9H2,1-5H3. The summed E-state index contributed by atoms with van der Waals surface area (Å²) in [5, 5.41) is 0. The Hall–Kier alpha value is -1.50. The van der Waals surface area contributed by atoms with Crippen LogP contribution in [0.5, 0.6) is 0 Å². The maximum absolute atomic E-state index is 12.4. The zero-order valence-electron chi connectivity index (χ0n) is 14.8. The normalized spacial score (nSPS) is 18.8. The lowest BCUT2D eigenvalue weighted by molar-refractivity contribution is 0.00578. The molecule has 0 spiro atoms. The van der Waals surface area contributed by atoms with Crippen molar-refractivity contribution in [3.8, 4) is 0 Å². The number of thiazole rings is 1. The summed E-state index contributed by atoms with van der Waals surface area (Å²) in [4.78, 5) is 17.0. The third kappa shape index (κ3) is 3.06. The average Bonchev–Trinajstić information content (AvgIpc) is 3.08. The highest BCUT2D eigenvalue weighted by Gasteiger charge is 2.52. The van der Waals surface area contributed by atoms with E-state index in [2.05, 4.69) is 4.98 Å². The van der Waals surface area contributed by atoms with Crippen molar-refractivity contribution in [2.75, 3.05) is 0 Å². The van der Waals surface area contributed by atoms with E-state index in [9.17, 15) is 4.79 Å². The predicted molar refractivity (Wildman–Crippen MR) is 97.0 cm³/mol. The summed E-state index contributed by atoms with van der Waals surface area (Å²) in [6, 6.07) is 5.96. The lowest BCUT2D eigenvalue weighted by Crippen LogP contribution is -2.41. The second-order valence-electron chi connectivity index (χ2n) is 7.19. The van der Waals surface area contributed by atoms with Gasteiger partial charge in [-0.3, -0.25) is 9.78 Å². The van der Waals surface area contributed by atoms with Gasteiger partial charge in [0.1, 0.15) is 0 Å². The molecule has 3 rings (SSSR count). The van der Waals surface area contributed by atoms with Gasteiger partial charge in [0, 0.05) is 12.6 Å². The summed E-state index contributed by atoms with van der Waals surface area (Å²) in [7, 11) is -0.409. The quantitative estimate of drug-likeness (QED) is 0.632. The SMILES string of the molecule is Cc1c(CC(=O)c2cncs2)cccc1B1OC(C)(C)C(C)(C)O1. The molecule has 1 fully saturated rings. The second-order valence-corrected chi connectivity index (χ2v) is 8.07. The number of aromatic nitrogens is 1. The van der Waals surface area contributed by atoms with Gasteiger partial charge >= 0.3 is 7.12 Å². The van der Waals surface area contributed by atoms with Gasteiger partial charge in [0.15, 0.2) is 5.78 Å². The molecular formula is C18H22BNO3S. The molecule has 4 nitrogen and oxygen atoms in total. The van der Waals surface area contributed by atoms with Crippen LogP contribution >= 0.6 is 11.3 Å². The fourth-order valence-electron chi connectivity index (χ4n) is 2.73. The van der Waals surface area contributed by atoms with Crippen LogP contribution in [0.15, 0.2) is 29.9 Å². The Morgan fingerprint density at radius 3 is 2.46 bits per heavy atom. The second kappa shape index (κ2) is 6.10. The van der Waals surface area contributed by atoms with Gasteiger partial charge in [-0.05, 0) is 51.2 Å². The molecule has 2 heterocycles. The van der Waals surface area contributed by atoms with Crippen LogP contribution in [0.25, 0.3) is 0 Å². The van der Waals surface area contributed by atoms with Gasteiger partial charge in [-0.15, -0.1) is 11.3 Å². The monoisotopic (exact) mass is 343 g/mol. The summed E-state index contributed by atoms with van der Waals surface area (Å²) >= 11 is 1.38. The number of hydrogen-bond acceptors (Lipinski definition) is 5. The molecule has 0 amide bonds. The van der Waals surface area contributed by atoms with E-state index in [1.807, 2.05) is 52.8 Å². The Balaban J connectivity index is 1.86. The molecule has 1 aromatic heterocycles. The van der Waals surface area contributed by atoms with E-state index in [4.69, 9.17) is 9.31 Å². The third-order valence-corrected chi connectivity index (χ3v) is 5.87. The van der Waals surface area contributed by atoms with Crippen molar-refractivity contribution in [3.05, 3.63) is 45.9 Å². The molecule has 0 atom stereocenters. The Morgan fingerprint density at radius 2 is 1.88 bits per heavy atom. The summed E-state index contributed by atoms with van der Waals surface area (Å²) in [5.41, 5.74) is 3.97. The van der Waals surface area contributed by atoms with E-state index in [0.717, 1.165) is 16.6 Å². The fourth-order valence-corrected chi connectivity index (χ4v) is 3.29. The van der Waals surface area contributed by atoms with E-state index in [1.54, 1.807) is 11.7 Å². The van der Waals surface area contributed by atoms with Gasteiger partial charge in [0.05, 0.1) is 21.6 Å². The van der Waals surface area contributed by atoms with Crippen LogP contribution in [0.4, 0.5) is 0 Å². The minimum absolute atomic E-state index is 0.0895. The number of benzene rings is 1. The van der Waals surface area contributed by atoms with Crippen molar-refractivity contribution < 1.29 is 14.1 Å². The lowest BCUT2D eigenvalue weighted by Gasteiger charge is -2.32. The van der Waals surface area contributed by atoms with Crippen LogP contribution in [-0.2, 0) is 15.7 Å². The minimum atomic E-state index is -0.409. The van der Waals surface area contributed by atoms with E-state index in [1.165, 1.54) is 11.3 Å². The summed E-state index contributed by atoms with van der Waals surface area (Å²) in [6.45, 7) is 10.2. The minimum Gasteiger partial charge on any atom is -0.399 e. The van der Waals surface area contributed by atoms with Crippen LogP contribution in [0, 0.1) is 6.92 Å². The van der Waals surface area contributed by atoms with Crippen LogP contribution in [-0.4, -0.2) is 29.1 Å². The van der Waals surface area contributed by atoms with Crippen LogP contribution < -0.4 is 5.46 Å². The van der Waals surface area contributed by atoms with Gasteiger partial charge in [-0.25, -0.2) is 0 Å². The van der Waals surface area contributed by atoms with E-state index >= 15 is 0 Å². The molecular weight excluding hydrogens is 321 g/mol. The highest BCUT2D eigenvalue weighted by molar-refractivity contribution is 7.11. The van der Waals surface area contributed by atoms with Crippen molar-refractivity contribution in [1.82, 2.24) is 4.98 Å². The zero-order valence-corrected chi connectivity index (χ0v) is 15.6. The first-order valence-electron chi connectivity index (χ1n) is 8.07. The number of rotatable bonds is 4. The summed E-state index contributed by atoms with van der Waals surface area (Å²) in [5.74, 6) is 0.0895. The first-order valence-corrected chi connectivity index (χ1v) is 8.95. The van der Waals surface area contributed by atoms with Gasteiger partial charge in [-0.2, -0.15) is 0 Å². The fraction of sp³-hybridized carbons (Fsp3) is 0.444. The highest BCUT2D eigenvalue weighted by atomic mass is 32.1. The van der Waals surface area contributed by atoms with E-state index in [-0.39, 0.29) is 17.0 Å². The molecule has 2 aromatic rings. The summed E-state index contributed by atoms with van der Waals surface area (Å²) in [6.07, 6.45) is 1.99. The molecule has 0 saturated carbocycles. The molecule has 0 bridgehead atoms. The molecule has 0 radical (unpaired) electrons. The van der Waals surface area contributed by atoms with Crippen molar-refractivity contribution in [2.24, 2.45) is 0 Å². The number of hydrogen-bond donors (Lipinski definition) is 0. The van der Waals surface area contributed by atoms with Gasteiger partial charge in [0.2, 0.25) is 0 Å². The Morgan fingerprint density at radius 1 is 1.21 bits per heavy atom. The molecule has 1 aliphatic rings.